The van der Waals surface area contributed by atoms with Crippen LogP contribution in [0.25, 0.3) is 0 Å². The molecular formula is C13H15NO3. The Morgan fingerprint density at radius 1 is 1.47 bits per heavy atom. The summed E-state index contributed by atoms with van der Waals surface area (Å²) in [6.07, 6.45) is 0.790. The molecule has 4 nitrogen and oxygen atoms in total. The second-order valence-electron chi connectivity index (χ2n) is 4.20. The number of hydrogen-bond donors (Lipinski definition) is 0. The maximum atomic E-state index is 12.1. The summed E-state index contributed by atoms with van der Waals surface area (Å²) in [5.41, 5.74) is 1.67. The second kappa shape index (κ2) is 4.57. The molecule has 1 aliphatic rings. The number of ether oxygens (including phenoxy) is 1. The zero-order valence-corrected chi connectivity index (χ0v) is 10.0. The third-order valence-electron chi connectivity index (χ3n) is 2.90. The lowest BCUT2D eigenvalue weighted by Gasteiger charge is -2.27. The minimum absolute atomic E-state index is 0.00435. The molecule has 1 heterocycles. The molecule has 17 heavy (non-hydrogen) atoms. The average Bonchev–Trinajstić information content (AvgIpc) is 2.32. The lowest BCUT2D eigenvalue weighted by atomic mass is 9.98. The molecule has 0 N–H and O–H groups in total. The highest BCUT2D eigenvalue weighted by atomic mass is 16.5. The Morgan fingerprint density at radius 3 is 2.88 bits per heavy atom. The lowest BCUT2D eigenvalue weighted by Crippen LogP contribution is -2.40. The van der Waals surface area contributed by atoms with E-state index in [0.29, 0.717) is 17.9 Å². The molecule has 0 spiro atoms. The zero-order chi connectivity index (χ0) is 12.4. The van der Waals surface area contributed by atoms with Gasteiger partial charge in [-0.2, -0.15) is 0 Å². The van der Waals surface area contributed by atoms with Crippen molar-refractivity contribution >= 4 is 11.7 Å². The molecule has 0 unspecified atom stereocenters. The fraction of sp³-hybridized carbons (Fsp3) is 0.385. The second-order valence-corrected chi connectivity index (χ2v) is 4.20. The van der Waals surface area contributed by atoms with Gasteiger partial charge in [0.15, 0.2) is 0 Å². The first kappa shape index (κ1) is 11.6. The molecule has 0 bridgehead atoms. The minimum Gasteiger partial charge on any atom is -0.497 e. The van der Waals surface area contributed by atoms with E-state index in [0.717, 1.165) is 12.0 Å². The zero-order valence-electron chi connectivity index (χ0n) is 10.0. The Bertz CT molecular complexity index is 468. The number of carbonyl (C=O) groups is 2. The normalized spacial score (nSPS) is 14.5. The third kappa shape index (κ3) is 2.30. The predicted molar refractivity (Wildman–Crippen MR) is 63.3 cm³/mol. The van der Waals surface area contributed by atoms with Gasteiger partial charge in [0.2, 0.25) is 0 Å². The first-order chi connectivity index (χ1) is 8.11. The fourth-order valence-corrected chi connectivity index (χ4v) is 2.05. The highest BCUT2D eigenvalue weighted by Gasteiger charge is 2.25. The quantitative estimate of drug-likeness (QED) is 0.790. The van der Waals surface area contributed by atoms with Crippen LogP contribution in [-0.4, -0.2) is 36.8 Å². The topological polar surface area (TPSA) is 46.6 Å². The Labute approximate surface area is 100 Å². The van der Waals surface area contributed by atoms with Crippen molar-refractivity contribution in [3.63, 3.8) is 0 Å². The first-order valence-electron chi connectivity index (χ1n) is 5.57. The fourth-order valence-electron chi connectivity index (χ4n) is 2.05. The molecule has 90 valence electrons. The summed E-state index contributed by atoms with van der Waals surface area (Å²) >= 11 is 0. The van der Waals surface area contributed by atoms with Crippen molar-refractivity contribution in [3.8, 4) is 5.75 Å². The van der Waals surface area contributed by atoms with Crippen molar-refractivity contribution in [2.24, 2.45) is 0 Å². The highest BCUT2D eigenvalue weighted by molar-refractivity contribution is 5.99. The number of hydrogen-bond acceptors (Lipinski definition) is 3. The summed E-state index contributed by atoms with van der Waals surface area (Å²) in [6.45, 7) is 2.29. The predicted octanol–water partition coefficient (Wildman–Crippen LogP) is 1.28. The number of fused-ring (bicyclic) bond motifs is 1. The molecule has 0 saturated carbocycles. The van der Waals surface area contributed by atoms with Crippen molar-refractivity contribution in [1.29, 1.82) is 0 Å². The summed E-state index contributed by atoms with van der Waals surface area (Å²) in [5.74, 6) is 0.590. The van der Waals surface area contributed by atoms with Gasteiger partial charge in [-0.15, -0.1) is 0 Å². The molecule has 1 amide bonds. The summed E-state index contributed by atoms with van der Waals surface area (Å²) in [4.78, 5) is 24.8. The SMILES string of the molecule is COc1ccc2c(c1)C(=O)N(CC(C)=O)CC2. The molecule has 1 aliphatic heterocycles. The largest absolute Gasteiger partial charge is 0.497 e. The minimum atomic E-state index is -0.0830. The van der Waals surface area contributed by atoms with Crippen LogP contribution in [0.1, 0.15) is 22.8 Å². The van der Waals surface area contributed by atoms with Crippen molar-refractivity contribution in [3.05, 3.63) is 29.3 Å². The van der Waals surface area contributed by atoms with Gasteiger partial charge in [-0.1, -0.05) is 6.07 Å². The van der Waals surface area contributed by atoms with Gasteiger partial charge in [-0.25, -0.2) is 0 Å². The average molecular weight is 233 g/mol. The molecular weight excluding hydrogens is 218 g/mol. The van der Waals surface area contributed by atoms with Gasteiger partial charge in [0.05, 0.1) is 13.7 Å². The molecule has 0 saturated heterocycles. The maximum absolute atomic E-state index is 12.1. The van der Waals surface area contributed by atoms with Crippen LogP contribution in [0.5, 0.6) is 5.75 Å². The molecule has 4 heteroatoms. The molecule has 2 rings (SSSR count). The number of nitrogens with zero attached hydrogens (tertiary/aromatic N) is 1. The van der Waals surface area contributed by atoms with Gasteiger partial charge in [0.1, 0.15) is 11.5 Å². The van der Waals surface area contributed by atoms with E-state index in [4.69, 9.17) is 4.74 Å². The Hall–Kier alpha value is -1.84. The van der Waals surface area contributed by atoms with Crippen LogP contribution in [-0.2, 0) is 11.2 Å². The van der Waals surface area contributed by atoms with E-state index in [9.17, 15) is 9.59 Å². The number of Topliss-reactive ketones (excluding diaryl/α,β-unsaturated/α-hetero) is 1. The Morgan fingerprint density at radius 2 is 2.24 bits per heavy atom. The van der Waals surface area contributed by atoms with Crippen LogP contribution in [0.4, 0.5) is 0 Å². The Balaban J connectivity index is 2.30. The maximum Gasteiger partial charge on any atom is 0.254 e. The van der Waals surface area contributed by atoms with Crippen molar-refractivity contribution in [2.75, 3.05) is 20.2 Å². The summed E-state index contributed by atoms with van der Waals surface area (Å²) in [7, 11) is 1.57. The van der Waals surface area contributed by atoms with Crippen LogP contribution < -0.4 is 4.74 Å². The summed E-state index contributed by atoms with van der Waals surface area (Å²) < 4.78 is 5.11. The van der Waals surface area contributed by atoms with E-state index in [2.05, 4.69) is 0 Å². The van der Waals surface area contributed by atoms with Gasteiger partial charge < -0.3 is 9.64 Å². The van der Waals surface area contributed by atoms with Crippen LogP contribution in [0.3, 0.4) is 0 Å². The van der Waals surface area contributed by atoms with E-state index in [1.54, 1.807) is 18.1 Å². The first-order valence-corrected chi connectivity index (χ1v) is 5.57. The van der Waals surface area contributed by atoms with Crippen molar-refractivity contribution in [2.45, 2.75) is 13.3 Å². The number of rotatable bonds is 3. The van der Waals surface area contributed by atoms with E-state index < -0.39 is 0 Å². The van der Waals surface area contributed by atoms with Gasteiger partial charge >= 0.3 is 0 Å². The van der Waals surface area contributed by atoms with Gasteiger partial charge in [-0.3, -0.25) is 9.59 Å². The van der Waals surface area contributed by atoms with Crippen molar-refractivity contribution in [1.82, 2.24) is 4.90 Å². The molecule has 0 atom stereocenters. The molecule has 0 aliphatic carbocycles. The third-order valence-corrected chi connectivity index (χ3v) is 2.90. The number of ketones is 1. The highest BCUT2D eigenvalue weighted by Crippen LogP contribution is 2.23. The van der Waals surface area contributed by atoms with E-state index in [1.807, 2.05) is 12.1 Å². The Kier molecular flexibility index (Phi) is 3.13. The molecule has 1 aromatic rings. The van der Waals surface area contributed by atoms with Crippen LogP contribution in [0.2, 0.25) is 0 Å². The van der Waals surface area contributed by atoms with Crippen LogP contribution in [0.15, 0.2) is 18.2 Å². The lowest BCUT2D eigenvalue weighted by molar-refractivity contribution is -0.117. The molecule has 0 aromatic heterocycles. The van der Waals surface area contributed by atoms with Crippen LogP contribution in [0, 0.1) is 0 Å². The number of carbonyl (C=O) groups excluding carboxylic acids is 2. The molecule has 0 fully saturated rings. The number of methoxy groups -OCH3 is 1. The number of benzene rings is 1. The van der Waals surface area contributed by atoms with Crippen molar-refractivity contribution < 1.29 is 14.3 Å². The van der Waals surface area contributed by atoms with Crippen LogP contribution >= 0.6 is 0 Å². The van der Waals surface area contributed by atoms with E-state index in [-0.39, 0.29) is 18.2 Å². The van der Waals surface area contributed by atoms with Gasteiger partial charge in [0, 0.05) is 12.1 Å². The molecule has 0 radical (unpaired) electrons. The van der Waals surface area contributed by atoms with Gasteiger partial charge in [-0.05, 0) is 31.0 Å². The van der Waals surface area contributed by atoms with E-state index >= 15 is 0 Å². The summed E-state index contributed by atoms with van der Waals surface area (Å²) in [5, 5.41) is 0. The smallest absolute Gasteiger partial charge is 0.254 e. The number of amides is 1. The van der Waals surface area contributed by atoms with E-state index in [1.165, 1.54) is 6.92 Å². The summed E-state index contributed by atoms with van der Waals surface area (Å²) in [6, 6.07) is 5.51. The molecule has 1 aromatic carbocycles. The standard InChI is InChI=1S/C13H15NO3/c1-9(15)8-14-6-5-10-3-4-11(17-2)7-12(10)13(14)16/h3-4,7H,5-6,8H2,1-2H3. The van der Waals surface area contributed by atoms with Gasteiger partial charge in [0.25, 0.3) is 5.91 Å². The monoisotopic (exact) mass is 233 g/mol.